The first-order valence-corrected chi connectivity index (χ1v) is 6.67. The Kier molecular flexibility index (Phi) is 4.41. The molecule has 2 aromatic carbocycles. The number of anilines is 2. The zero-order valence-electron chi connectivity index (χ0n) is 12.1. The molecule has 0 fully saturated rings. The molecular weight excluding hydrogens is 250 g/mol. The molecule has 0 aliphatic carbocycles. The number of hydrogen-bond acceptors (Lipinski definition) is 3. The molecule has 2 aromatic rings. The SMILES string of the molecule is CCC(=O)c1ccc(N(C)c2ccccc2OC)cc1. The molecule has 0 heterocycles. The van der Waals surface area contributed by atoms with E-state index in [9.17, 15) is 4.79 Å². The van der Waals surface area contributed by atoms with Crippen molar-refractivity contribution < 1.29 is 9.53 Å². The van der Waals surface area contributed by atoms with E-state index in [-0.39, 0.29) is 5.78 Å². The summed E-state index contributed by atoms with van der Waals surface area (Å²) in [5, 5.41) is 0. The van der Waals surface area contributed by atoms with Crippen LogP contribution in [0.1, 0.15) is 23.7 Å². The highest BCUT2D eigenvalue weighted by Gasteiger charge is 2.10. The highest BCUT2D eigenvalue weighted by atomic mass is 16.5. The maximum absolute atomic E-state index is 11.6. The van der Waals surface area contributed by atoms with Crippen LogP contribution in [0.2, 0.25) is 0 Å². The maximum atomic E-state index is 11.6. The first kappa shape index (κ1) is 14.1. The molecule has 3 heteroatoms. The highest BCUT2D eigenvalue weighted by Crippen LogP contribution is 2.32. The van der Waals surface area contributed by atoms with Crippen LogP contribution in [0.15, 0.2) is 48.5 Å². The van der Waals surface area contributed by atoms with E-state index in [1.807, 2.05) is 67.4 Å². The van der Waals surface area contributed by atoms with Gasteiger partial charge in [-0.05, 0) is 36.4 Å². The van der Waals surface area contributed by atoms with Crippen molar-refractivity contribution in [1.82, 2.24) is 0 Å². The maximum Gasteiger partial charge on any atom is 0.162 e. The van der Waals surface area contributed by atoms with Crippen molar-refractivity contribution in [3.8, 4) is 5.75 Å². The third kappa shape index (κ3) is 2.82. The highest BCUT2D eigenvalue weighted by molar-refractivity contribution is 5.96. The van der Waals surface area contributed by atoms with E-state index >= 15 is 0 Å². The summed E-state index contributed by atoms with van der Waals surface area (Å²) in [4.78, 5) is 13.7. The molecule has 0 aliphatic heterocycles. The number of para-hydroxylation sites is 2. The number of ketones is 1. The molecule has 0 radical (unpaired) electrons. The van der Waals surface area contributed by atoms with E-state index in [0.717, 1.165) is 22.7 Å². The lowest BCUT2D eigenvalue weighted by atomic mass is 10.1. The minimum Gasteiger partial charge on any atom is -0.495 e. The van der Waals surface area contributed by atoms with E-state index in [1.165, 1.54) is 0 Å². The standard InChI is InChI=1S/C17H19NO2/c1-4-16(19)13-9-11-14(12-10-13)18(2)15-7-5-6-8-17(15)20-3/h5-12H,4H2,1-3H3. The number of nitrogens with zero attached hydrogens (tertiary/aromatic N) is 1. The number of ether oxygens (including phenoxy) is 1. The predicted molar refractivity (Wildman–Crippen MR) is 82.1 cm³/mol. The van der Waals surface area contributed by atoms with Gasteiger partial charge in [-0.15, -0.1) is 0 Å². The Labute approximate surface area is 119 Å². The van der Waals surface area contributed by atoms with Crippen LogP contribution < -0.4 is 9.64 Å². The summed E-state index contributed by atoms with van der Waals surface area (Å²) in [5.41, 5.74) is 2.76. The molecule has 0 spiro atoms. The monoisotopic (exact) mass is 269 g/mol. The van der Waals surface area contributed by atoms with Crippen molar-refractivity contribution in [3.63, 3.8) is 0 Å². The normalized spacial score (nSPS) is 10.2. The Morgan fingerprint density at radius 2 is 1.75 bits per heavy atom. The molecule has 2 rings (SSSR count). The molecule has 104 valence electrons. The summed E-state index contributed by atoms with van der Waals surface area (Å²) in [5.74, 6) is 0.986. The van der Waals surface area contributed by atoms with Crippen LogP contribution >= 0.6 is 0 Å². The number of carbonyl (C=O) groups is 1. The predicted octanol–water partition coefficient (Wildman–Crippen LogP) is 4.06. The van der Waals surface area contributed by atoms with Crippen LogP contribution in [0.3, 0.4) is 0 Å². The van der Waals surface area contributed by atoms with E-state index in [4.69, 9.17) is 4.74 Å². The summed E-state index contributed by atoms with van der Waals surface area (Å²) in [6.07, 6.45) is 0.529. The Hall–Kier alpha value is -2.29. The molecule has 0 aromatic heterocycles. The van der Waals surface area contributed by atoms with Crippen LogP contribution in [0.25, 0.3) is 0 Å². The summed E-state index contributed by atoms with van der Waals surface area (Å²) < 4.78 is 5.37. The van der Waals surface area contributed by atoms with Crippen LogP contribution in [0.5, 0.6) is 5.75 Å². The molecule has 0 atom stereocenters. The molecule has 0 saturated heterocycles. The summed E-state index contributed by atoms with van der Waals surface area (Å²) in [6.45, 7) is 1.87. The van der Waals surface area contributed by atoms with Gasteiger partial charge in [0.1, 0.15) is 5.75 Å². The van der Waals surface area contributed by atoms with E-state index in [0.29, 0.717) is 6.42 Å². The van der Waals surface area contributed by atoms with E-state index < -0.39 is 0 Å². The second-order valence-corrected chi connectivity index (χ2v) is 4.55. The fourth-order valence-corrected chi connectivity index (χ4v) is 2.12. The van der Waals surface area contributed by atoms with Gasteiger partial charge in [-0.3, -0.25) is 4.79 Å². The lowest BCUT2D eigenvalue weighted by Gasteiger charge is -2.22. The molecule has 3 nitrogen and oxygen atoms in total. The van der Waals surface area contributed by atoms with Gasteiger partial charge in [0.05, 0.1) is 12.8 Å². The lowest BCUT2D eigenvalue weighted by molar-refractivity contribution is 0.0988. The molecule has 20 heavy (non-hydrogen) atoms. The van der Waals surface area contributed by atoms with Gasteiger partial charge < -0.3 is 9.64 Å². The first-order chi connectivity index (χ1) is 9.67. The van der Waals surface area contributed by atoms with Gasteiger partial charge in [-0.1, -0.05) is 19.1 Å². The minimum atomic E-state index is 0.163. The fourth-order valence-electron chi connectivity index (χ4n) is 2.12. The van der Waals surface area contributed by atoms with Gasteiger partial charge >= 0.3 is 0 Å². The Balaban J connectivity index is 2.29. The van der Waals surface area contributed by atoms with Crippen molar-refractivity contribution in [3.05, 3.63) is 54.1 Å². The average molecular weight is 269 g/mol. The van der Waals surface area contributed by atoms with Gasteiger partial charge in [0.15, 0.2) is 5.78 Å². The third-order valence-electron chi connectivity index (χ3n) is 3.34. The second kappa shape index (κ2) is 6.24. The number of methoxy groups -OCH3 is 1. The van der Waals surface area contributed by atoms with Crippen molar-refractivity contribution in [2.24, 2.45) is 0 Å². The van der Waals surface area contributed by atoms with Gasteiger partial charge in [0, 0.05) is 24.7 Å². The molecule has 0 unspecified atom stereocenters. The van der Waals surface area contributed by atoms with Crippen molar-refractivity contribution in [2.45, 2.75) is 13.3 Å². The van der Waals surface area contributed by atoms with E-state index in [1.54, 1.807) is 7.11 Å². The molecule has 0 aliphatic rings. The zero-order valence-corrected chi connectivity index (χ0v) is 12.1. The number of benzene rings is 2. The van der Waals surface area contributed by atoms with Crippen molar-refractivity contribution in [2.75, 3.05) is 19.1 Å². The van der Waals surface area contributed by atoms with Crippen molar-refractivity contribution >= 4 is 17.2 Å². The first-order valence-electron chi connectivity index (χ1n) is 6.67. The number of carbonyl (C=O) groups excluding carboxylic acids is 1. The molecule has 0 saturated carbocycles. The third-order valence-corrected chi connectivity index (χ3v) is 3.34. The molecule has 0 amide bonds. The summed E-state index contributed by atoms with van der Waals surface area (Å²) >= 11 is 0. The lowest BCUT2D eigenvalue weighted by Crippen LogP contribution is -2.10. The van der Waals surface area contributed by atoms with Gasteiger partial charge in [-0.25, -0.2) is 0 Å². The van der Waals surface area contributed by atoms with Crippen LogP contribution in [-0.2, 0) is 0 Å². The molecule has 0 N–H and O–H groups in total. The number of hydrogen-bond donors (Lipinski definition) is 0. The number of Topliss-reactive ketones (excluding diaryl/α,β-unsaturated/α-hetero) is 1. The fraction of sp³-hybridized carbons (Fsp3) is 0.235. The summed E-state index contributed by atoms with van der Waals surface area (Å²) in [7, 11) is 3.64. The minimum absolute atomic E-state index is 0.163. The summed E-state index contributed by atoms with van der Waals surface area (Å²) in [6, 6.07) is 15.5. The van der Waals surface area contributed by atoms with Crippen molar-refractivity contribution in [1.29, 1.82) is 0 Å². The van der Waals surface area contributed by atoms with E-state index in [2.05, 4.69) is 0 Å². The van der Waals surface area contributed by atoms with Crippen LogP contribution in [-0.4, -0.2) is 19.9 Å². The topological polar surface area (TPSA) is 29.5 Å². The van der Waals surface area contributed by atoms with Gasteiger partial charge in [0.2, 0.25) is 0 Å². The van der Waals surface area contributed by atoms with Crippen LogP contribution in [0, 0.1) is 0 Å². The smallest absolute Gasteiger partial charge is 0.162 e. The number of rotatable bonds is 5. The second-order valence-electron chi connectivity index (χ2n) is 4.55. The Morgan fingerprint density at radius 1 is 1.10 bits per heavy atom. The quantitative estimate of drug-likeness (QED) is 0.767. The zero-order chi connectivity index (χ0) is 14.5. The average Bonchev–Trinajstić information content (AvgIpc) is 2.53. The Morgan fingerprint density at radius 3 is 2.35 bits per heavy atom. The van der Waals surface area contributed by atoms with Gasteiger partial charge in [0.25, 0.3) is 0 Å². The van der Waals surface area contributed by atoms with Gasteiger partial charge in [-0.2, -0.15) is 0 Å². The molecule has 0 bridgehead atoms. The largest absolute Gasteiger partial charge is 0.495 e. The van der Waals surface area contributed by atoms with Crippen LogP contribution in [0.4, 0.5) is 11.4 Å². The Bertz CT molecular complexity index is 590. The molecular formula is C17H19NO2.